The van der Waals surface area contributed by atoms with Gasteiger partial charge in [-0.2, -0.15) is 5.26 Å². The van der Waals surface area contributed by atoms with Crippen LogP contribution in [-0.4, -0.2) is 6.29 Å². The molecule has 0 atom stereocenters. The maximum atomic E-state index is 10.4. The Bertz CT molecular complexity index is 327. The molecule has 0 aromatic heterocycles. The largest absolute Gasteiger partial charge is 0.298 e. The number of hydrogen-bond donors (Lipinski definition) is 0. The van der Waals surface area contributed by atoms with Gasteiger partial charge in [0, 0.05) is 9.13 Å². The van der Waals surface area contributed by atoms with Crippen LogP contribution >= 0.6 is 22.6 Å². The van der Waals surface area contributed by atoms with Crippen molar-refractivity contribution < 1.29 is 4.79 Å². The molecule has 3 heteroatoms. The van der Waals surface area contributed by atoms with Crippen molar-refractivity contribution in [3.05, 3.63) is 32.9 Å². The standard InChI is InChI=1S/C8H4INO/c9-8-2-1-6(4-10)3-7(8)5-11/h1-3,5H. The number of benzene rings is 1. The Kier molecular flexibility index (Phi) is 2.60. The molecule has 0 radical (unpaired) electrons. The molecule has 0 bridgehead atoms. The second-order valence-electron chi connectivity index (χ2n) is 1.97. The molecule has 1 rings (SSSR count). The van der Waals surface area contributed by atoms with E-state index < -0.39 is 0 Å². The van der Waals surface area contributed by atoms with Crippen LogP contribution in [0.25, 0.3) is 0 Å². The Labute approximate surface area is 78.0 Å². The zero-order valence-electron chi connectivity index (χ0n) is 5.54. The fraction of sp³-hybridized carbons (Fsp3) is 0. The summed E-state index contributed by atoms with van der Waals surface area (Å²) in [7, 11) is 0. The van der Waals surface area contributed by atoms with Crippen molar-refractivity contribution in [2.24, 2.45) is 0 Å². The molecule has 0 N–H and O–H groups in total. The first-order chi connectivity index (χ1) is 5.27. The van der Waals surface area contributed by atoms with E-state index in [1.165, 1.54) is 0 Å². The smallest absolute Gasteiger partial charge is 0.151 e. The third-order valence-corrected chi connectivity index (χ3v) is 2.23. The third kappa shape index (κ3) is 1.77. The lowest BCUT2D eigenvalue weighted by Crippen LogP contribution is -1.86. The molecule has 11 heavy (non-hydrogen) atoms. The average Bonchev–Trinajstić information content (AvgIpc) is 2.05. The number of nitriles is 1. The highest BCUT2D eigenvalue weighted by Crippen LogP contribution is 2.11. The first kappa shape index (κ1) is 8.21. The lowest BCUT2D eigenvalue weighted by atomic mass is 10.1. The number of carbonyl (C=O) groups excluding carboxylic acids is 1. The van der Waals surface area contributed by atoms with Crippen molar-refractivity contribution in [2.75, 3.05) is 0 Å². The molecule has 0 saturated carbocycles. The van der Waals surface area contributed by atoms with E-state index in [1.54, 1.807) is 18.2 Å². The summed E-state index contributed by atoms with van der Waals surface area (Å²) >= 11 is 2.05. The first-order valence-electron chi connectivity index (χ1n) is 2.93. The Morgan fingerprint density at radius 3 is 2.82 bits per heavy atom. The number of rotatable bonds is 1. The van der Waals surface area contributed by atoms with Crippen molar-refractivity contribution in [3.63, 3.8) is 0 Å². The molecule has 0 aliphatic heterocycles. The second kappa shape index (κ2) is 3.49. The fourth-order valence-electron chi connectivity index (χ4n) is 0.704. The molecular weight excluding hydrogens is 253 g/mol. The van der Waals surface area contributed by atoms with E-state index in [0.717, 1.165) is 9.86 Å². The molecule has 2 nitrogen and oxygen atoms in total. The molecule has 0 amide bonds. The van der Waals surface area contributed by atoms with E-state index in [-0.39, 0.29) is 0 Å². The topological polar surface area (TPSA) is 40.9 Å². The predicted molar refractivity (Wildman–Crippen MR) is 49.3 cm³/mol. The quantitative estimate of drug-likeness (QED) is 0.570. The van der Waals surface area contributed by atoms with Gasteiger partial charge in [-0.3, -0.25) is 4.79 Å². The normalized spacial score (nSPS) is 8.73. The van der Waals surface area contributed by atoms with Gasteiger partial charge in [0.2, 0.25) is 0 Å². The van der Waals surface area contributed by atoms with Crippen LogP contribution in [0.3, 0.4) is 0 Å². The number of halogens is 1. The van der Waals surface area contributed by atoms with Crippen molar-refractivity contribution in [1.82, 2.24) is 0 Å². The van der Waals surface area contributed by atoms with Gasteiger partial charge in [0.05, 0.1) is 11.6 Å². The summed E-state index contributed by atoms with van der Waals surface area (Å²) in [5, 5.41) is 8.48. The highest BCUT2D eigenvalue weighted by atomic mass is 127. The van der Waals surface area contributed by atoms with Gasteiger partial charge in [0.15, 0.2) is 6.29 Å². The molecule has 0 fully saturated rings. The first-order valence-corrected chi connectivity index (χ1v) is 4.00. The summed E-state index contributed by atoms with van der Waals surface area (Å²) in [6, 6.07) is 6.99. The van der Waals surface area contributed by atoms with Crippen LogP contribution < -0.4 is 0 Å². The van der Waals surface area contributed by atoms with Crippen LogP contribution in [0.5, 0.6) is 0 Å². The molecule has 1 aromatic rings. The van der Waals surface area contributed by atoms with Crippen molar-refractivity contribution in [3.8, 4) is 6.07 Å². The fourth-order valence-corrected chi connectivity index (χ4v) is 1.17. The molecule has 0 aliphatic rings. The van der Waals surface area contributed by atoms with Gasteiger partial charge in [-0.15, -0.1) is 0 Å². The highest BCUT2D eigenvalue weighted by Gasteiger charge is 1.98. The average molecular weight is 257 g/mol. The van der Waals surface area contributed by atoms with E-state index in [1.807, 2.05) is 6.07 Å². The molecule has 0 unspecified atom stereocenters. The summed E-state index contributed by atoms with van der Waals surface area (Å²) in [6.45, 7) is 0. The van der Waals surface area contributed by atoms with Crippen molar-refractivity contribution >= 4 is 28.9 Å². The predicted octanol–water partition coefficient (Wildman–Crippen LogP) is 1.98. The van der Waals surface area contributed by atoms with E-state index in [2.05, 4.69) is 22.6 Å². The van der Waals surface area contributed by atoms with Gasteiger partial charge >= 0.3 is 0 Å². The van der Waals surface area contributed by atoms with Crippen LogP contribution in [0.15, 0.2) is 18.2 Å². The molecule has 0 spiro atoms. The van der Waals surface area contributed by atoms with Crippen molar-refractivity contribution in [2.45, 2.75) is 0 Å². The summed E-state index contributed by atoms with van der Waals surface area (Å²) in [5.41, 5.74) is 1.09. The molecular formula is C8H4INO. The zero-order chi connectivity index (χ0) is 8.27. The van der Waals surface area contributed by atoms with E-state index in [9.17, 15) is 4.79 Å². The SMILES string of the molecule is N#Cc1ccc(I)c(C=O)c1. The number of carbonyl (C=O) groups is 1. The molecule has 0 saturated heterocycles. The van der Waals surface area contributed by atoms with Gasteiger partial charge in [0.1, 0.15) is 0 Å². The van der Waals surface area contributed by atoms with E-state index in [4.69, 9.17) is 5.26 Å². The summed E-state index contributed by atoms with van der Waals surface area (Å²) in [5.74, 6) is 0. The van der Waals surface area contributed by atoms with E-state index in [0.29, 0.717) is 11.1 Å². The third-order valence-electron chi connectivity index (χ3n) is 1.25. The van der Waals surface area contributed by atoms with Crippen molar-refractivity contribution in [1.29, 1.82) is 5.26 Å². The molecule has 0 aliphatic carbocycles. The Balaban J connectivity index is 3.25. The summed E-state index contributed by atoms with van der Waals surface area (Å²) < 4.78 is 0.872. The Morgan fingerprint density at radius 2 is 2.27 bits per heavy atom. The molecule has 0 heterocycles. The minimum atomic E-state index is 0.521. The monoisotopic (exact) mass is 257 g/mol. The van der Waals surface area contributed by atoms with Crippen LogP contribution in [0.2, 0.25) is 0 Å². The van der Waals surface area contributed by atoms with Gasteiger partial charge in [-0.05, 0) is 40.8 Å². The van der Waals surface area contributed by atoms with Crippen LogP contribution in [0.1, 0.15) is 15.9 Å². The second-order valence-corrected chi connectivity index (χ2v) is 3.13. The lowest BCUT2D eigenvalue weighted by molar-refractivity contribution is 0.112. The minimum absolute atomic E-state index is 0.521. The van der Waals surface area contributed by atoms with Crippen LogP contribution in [0.4, 0.5) is 0 Å². The lowest BCUT2D eigenvalue weighted by Gasteiger charge is -1.94. The van der Waals surface area contributed by atoms with E-state index >= 15 is 0 Å². The Hall–Kier alpha value is -0.890. The Morgan fingerprint density at radius 1 is 1.55 bits per heavy atom. The maximum Gasteiger partial charge on any atom is 0.151 e. The van der Waals surface area contributed by atoms with Crippen LogP contribution in [0, 0.1) is 14.9 Å². The highest BCUT2D eigenvalue weighted by molar-refractivity contribution is 14.1. The molecule has 54 valence electrons. The molecule has 1 aromatic carbocycles. The maximum absolute atomic E-state index is 10.4. The minimum Gasteiger partial charge on any atom is -0.298 e. The van der Waals surface area contributed by atoms with Gasteiger partial charge in [0.25, 0.3) is 0 Å². The zero-order valence-corrected chi connectivity index (χ0v) is 7.70. The number of nitrogens with zero attached hydrogens (tertiary/aromatic N) is 1. The van der Waals surface area contributed by atoms with Gasteiger partial charge in [-0.1, -0.05) is 0 Å². The number of hydrogen-bond acceptors (Lipinski definition) is 2. The number of aldehydes is 1. The van der Waals surface area contributed by atoms with Gasteiger partial charge in [-0.25, -0.2) is 0 Å². The van der Waals surface area contributed by atoms with Crippen LogP contribution in [-0.2, 0) is 0 Å². The summed E-state index contributed by atoms with van der Waals surface area (Å²) in [4.78, 5) is 10.4. The van der Waals surface area contributed by atoms with Gasteiger partial charge < -0.3 is 0 Å². The summed E-state index contributed by atoms with van der Waals surface area (Å²) in [6.07, 6.45) is 0.753.